The maximum Gasteiger partial charge on any atom is 0.416 e. The number of H-pyrrole nitrogens is 1. The minimum Gasteiger partial charge on any atom is -0.360 e. The van der Waals surface area contributed by atoms with Gasteiger partial charge in [0.15, 0.2) is 0 Å². The Morgan fingerprint density at radius 2 is 1.67 bits per heavy atom. The summed E-state index contributed by atoms with van der Waals surface area (Å²) in [7, 11) is 0. The van der Waals surface area contributed by atoms with Gasteiger partial charge in [0.1, 0.15) is 5.82 Å². The largest absolute Gasteiger partial charge is 0.416 e. The molecule has 0 saturated heterocycles. The number of nitrogens with one attached hydrogen (secondary N) is 1. The highest BCUT2D eigenvalue weighted by atomic mass is 19.4. The predicted molar refractivity (Wildman–Crippen MR) is 110 cm³/mol. The molecule has 0 atom stereocenters. The molecule has 0 radical (unpaired) electrons. The van der Waals surface area contributed by atoms with Crippen LogP contribution in [0.1, 0.15) is 22.3 Å². The van der Waals surface area contributed by atoms with E-state index < -0.39 is 11.7 Å². The molecular weight excluding hydrogens is 392 g/mol. The van der Waals surface area contributed by atoms with Gasteiger partial charge in [0.25, 0.3) is 0 Å². The van der Waals surface area contributed by atoms with Crippen molar-refractivity contribution < 1.29 is 17.6 Å². The summed E-state index contributed by atoms with van der Waals surface area (Å²) in [5, 5.41) is 0.775. The summed E-state index contributed by atoms with van der Waals surface area (Å²) < 4.78 is 52.9. The molecule has 1 aliphatic rings. The first-order chi connectivity index (χ1) is 14.4. The molecule has 4 aromatic rings. The summed E-state index contributed by atoms with van der Waals surface area (Å²) in [5.41, 5.74) is 4.50. The number of aromatic nitrogens is 1. The van der Waals surface area contributed by atoms with E-state index in [2.05, 4.69) is 9.98 Å². The Hall–Kier alpha value is -3.67. The van der Waals surface area contributed by atoms with E-state index in [-0.39, 0.29) is 5.82 Å². The normalized spacial score (nSPS) is 14.9. The molecular formula is C24H14F4N2. The van der Waals surface area contributed by atoms with Crippen molar-refractivity contribution >= 4 is 34.0 Å². The average molecular weight is 406 g/mol. The Labute approximate surface area is 169 Å². The fourth-order valence-corrected chi connectivity index (χ4v) is 3.80. The van der Waals surface area contributed by atoms with Crippen LogP contribution in [0, 0.1) is 5.82 Å². The number of aromatic amines is 1. The van der Waals surface area contributed by atoms with Crippen LogP contribution in [0.2, 0.25) is 0 Å². The monoisotopic (exact) mass is 406 g/mol. The molecule has 6 heteroatoms. The molecule has 0 bridgehead atoms. The number of fused-ring (bicyclic) bond motifs is 2. The number of alkyl halides is 3. The van der Waals surface area contributed by atoms with Gasteiger partial charge in [-0.3, -0.25) is 4.99 Å². The van der Waals surface area contributed by atoms with Gasteiger partial charge in [-0.05, 0) is 42.0 Å². The standard InChI is InChI=1S/C24H14F4N2/c25-16-9-10-18-20(13-30-22(18)11-16)23(14-5-7-15(8-6-14)24(26,27)28)19-12-29-21-4-2-1-3-17(19)21/h1-13,30H. The third-order valence-electron chi connectivity index (χ3n) is 5.21. The second-order valence-corrected chi connectivity index (χ2v) is 7.03. The first-order valence-corrected chi connectivity index (χ1v) is 9.24. The number of benzene rings is 3. The van der Waals surface area contributed by atoms with E-state index in [9.17, 15) is 17.6 Å². The fourth-order valence-electron chi connectivity index (χ4n) is 3.80. The highest BCUT2D eigenvalue weighted by Crippen LogP contribution is 2.41. The van der Waals surface area contributed by atoms with E-state index in [1.54, 1.807) is 18.5 Å². The summed E-state index contributed by atoms with van der Waals surface area (Å²) in [6, 6.07) is 17.1. The Kier molecular flexibility index (Phi) is 4.10. The Morgan fingerprint density at radius 1 is 0.900 bits per heavy atom. The van der Waals surface area contributed by atoms with Crippen molar-refractivity contribution in [3.63, 3.8) is 0 Å². The predicted octanol–water partition coefficient (Wildman–Crippen LogP) is 7.00. The van der Waals surface area contributed by atoms with Gasteiger partial charge in [-0.25, -0.2) is 4.39 Å². The van der Waals surface area contributed by atoms with Gasteiger partial charge < -0.3 is 4.98 Å². The number of hydrogen-bond donors (Lipinski definition) is 1. The topological polar surface area (TPSA) is 28.1 Å². The van der Waals surface area contributed by atoms with Gasteiger partial charge in [0, 0.05) is 45.6 Å². The quantitative estimate of drug-likeness (QED) is 0.347. The van der Waals surface area contributed by atoms with Gasteiger partial charge in [0.05, 0.1) is 11.3 Å². The summed E-state index contributed by atoms with van der Waals surface area (Å²) in [6.45, 7) is 0. The molecule has 0 spiro atoms. The van der Waals surface area contributed by atoms with Crippen LogP contribution >= 0.6 is 0 Å². The second-order valence-electron chi connectivity index (χ2n) is 7.03. The summed E-state index contributed by atoms with van der Waals surface area (Å²) in [4.78, 5) is 7.52. The van der Waals surface area contributed by atoms with Crippen molar-refractivity contribution in [2.24, 2.45) is 4.99 Å². The molecule has 1 N–H and O–H groups in total. The Balaban J connectivity index is 1.78. The van der Waals surface area contributed by atoms with Crippen molar-refractivity contribution in [2.45, 2.75) is 6.18 Å². The summed E-state index contributed by atoms with van der Waals surface area (Å²) in [5.74, 6) is -0.368. The third-order valence-corrected chi connectivity index (χ3v) is 5.21. The molecule has 0 fully saturated rings. The van der Waals surface area contributed by atoms with Gasteiger partial charge in [-0.15, -0.1) is 0 Å². The van der Waals surface area contributed by atoms with E-state index in [4.69, 9.17) is 0 Å². The van der Waals surface area contributed by atoms with E-state index in [0.717, 1.165) is 45.5 Å². The molecule has 0 unspecified atom stereocenters. The lowest BCUT2D eigenvalue weighted by Gasteiger charge is -2.13. The average Bonchev–Trinajstić information content (AvgIpc) is 3.33. The van der Waals surface area contributed by atoms with E-state index in [0.29, 0.717) is 11.1 Å². The SMILES string of the molecule is Fc1ccc2c(C(=C3C=Nc4ccccc43)c3ccc(C(F)(F)F)cc3)c[nH]c2c1. The number of para-hydroxylation sites is 1. The smallest absolute Gasteiger partial charge is 0.360 e. The van der Waals surface area contributed by atoms with Crippen LogP contribution in [0.5, 0.6) is 0 Å². The molecule has 1 aliphatic heterocycles. The van der Waals surface area contributed by atoms with Crippen LogP contribution in [-0.2, 0) is 6.18 Å². The van der Waals surface area contributed by atoms with Crippen LogP contribution in [0.25, 0.3) is 22.0 Å². The minimum absolute atomic E-state index is 0.368. The van der Waals surface area contributed by atoms with Crippen molar-refractivity contribution in [2.75, 3.05) is 0 Å². The number of halogens is 4. The minimum atomic E-state index is -4.41. The van der Waals surface area contributed by atoms with Crippen molar-refractivity contribution in [1.29, 1.82) is 0 Å². The maximum atomic E-state index is 13.7. The summed E-state index contributed by atoms with van der Waals surface area (Å²) >= 11 is 0. The van der Waals surface area contributed by atoms with Crippen molar-refractivity contribution in [3.05, 3.63) is 101 Å². The molecule has 0 amide bonds. The molecule has 2 nitrogen and oxygen atoms in total. The number of hydrogen-bond acceptors (Lipinski definition) is 1. The molecule has 3 aromatic carbocycles. The number of rotatable bonds is 2. The van der Waals surface area contributed by atoms with E-state index >= 15 is 0 Å². The van der Waals surface area contributed by atoms with Gasteiger partial charge in [0.2, 0.25) is 0 Å². The molecule has 148 valence electrons. The zero-order valence-electron chi connectivity index (χ0n) is 15.5. The lowest BCUT2D eigenvalue weighted by Crippen LogP contribution is -2.04. The highest BCUT2D eigenvalue weighted by Gasteiger charge is 2.30. The lowest BCUT2D eigenvalue weighted by atomic mass is 9.89. The first-order valence-electron chi connectivity index (χ1n) is 9.24. The van der Waals surface area contributed by atoms with Crippen LogP contribution in [-0.4, -0.2) is 11.2 Å². The zero-order chi connectivity index (χ0) is 20.9. The van der Waals surface area contributed by atoms with Crippen LogP contribution < -0.4 is 0 Å². The third kappa shape index (κ3) is 3.01. The molecule has 5 rings (SSSR count). The van der Waals surface area contributed by atoms with E-state index in [1.165, 1.54) is 24.3 Å². The Bertz CT molecular complexity index is 1330. The van der Waals surface area contributed by atoms with Gasteiger partial charge >= 0.3 is 6.18 Å². The number of nitrogens with zero attached hydrogens (tertiary/aromatic N) is 1. The maximum absolute atomic E-state index is 13.7. The fraction of sp³-hybridized carbons (Fsp3) is 0.0417. The molecule has 0 aliphatic carbocycles. The van der Waals surface area contributed by atoms with Crippen LogP contribution in [0.15, 0.2) is 77.9 Å². The Morgan fingerprint density at radius 3 is 2.43 bits per heavy atom. The van der Waals surface area contributed by atoms with Crippen molar-refractivity contribution in [3.8, 4) is 0 Å². The van der Waals surface area contributed by atoms with Crippen molar-refractivity contribution in [1.82, 2.24) is 4.98 Å². The molecule has 1 aromatic heterocycles. The highest BCUT2D eigenvalue weighted by molar-refractivity contribution is 6.27. The second kappa shape index (κ2) is 6.69. The first kappa shape index (κ1) is 18.4. The zero-order valence-corrected chi connectivity index (χ0v) is 15.5. The number of allylic oxidation sites excluding steroid dienone is 1. The van der Waals surface area contributed by atoms with E-state index in [1.807, 2.05) is 24.3 Å². The lowest BCUT2D eigenvalue weighted by molar-refractivity contribution is -0.137. The van der Waals surface area contributed by atoms with Gasteiger partial charge in [-0.1, -0.05) is 30.3 Å². The molecule has 2 heterocycles. The van der Waals surface area contributed by atoms with Gasteiger partial charge in [-0.2, -0.15) is 13.2 Å². The van der Waals surface area contributed by atoms with Crippen LogP contribution in [0.3, 0.4) is 0 Å². The number of aliphatic imine (C=N–C) groups is 1. The molecule has 30 heavy (non-hydrogen) atoms. The summed E-state index contributed by atoms with van der Waals surface area (Å²) in [6.07, 6.45) is -0.940. The van der Waals surface area contributed by atoms with Crippen LogP contribution in [0.4, 0.5) is 23.2 Å². The molecule has 0 saturated carbocycles.